The van der Waals surface area contributed by atoms with Crippen molar-refractivity contribution >= 4 is 0 Å². The van der Waals surface area contributed by atoms with Gasteiger partial charge in [-0.2, -0.15) is 0 Å². The first-order valence-electron chi connectivity index (χ1n) is 6.55. The zero-order chi connectivity index (χ0) is 14.7. The fourth-order valence-corrected chi connectivity index (χ4v) is 1.78. The van der Waals surface area contributed by atoms with E-state index >= 15 is 0 Å². The Morgan fingerprint density at radius 1 is 1.25 bits per heavy atom. The van der Waals surface area contributed by atoms with Crippen molar-refractivity contribution in [1.82, 2.24) is 4.98 Å². The van der Waals surface area contributed by atoms with Crippen LogP contribution in [0.5, 0.6) is 11.6 Å². The lowest BCUT2D eigenvalue weighted by Gasteiger charge is -2.11. The Morgan fingerprint density at radius 2 is 2.00 bits per heavy atom. The predicted octanol–water partition coefficient (Wildman–Crippen LogP) is 3.94. The van der Waals surface area contributed by atoms with Crippen molar-refractivity contribution in [2.75, 3.05) is 0 Å². The number of nitrogens with zero attached hydrogens (tertiary/aromatic N) is 1. The summed E-state index contributed by atoms with van der Waals surface area (Å²) >= 11 is 0. The molecule has 1 aromatic heterocycles. The Bertz CT molecular complexity index is 611. The van der Waals surface area contributed by atoms with Crippen molar-refractivity contribution in [3.8, 4) is 11.6 Å². The zero-order valence-corrected chi connectivity index (χ0v) is 11.9. The van der Waals surface area contributed by atoms with Crippen LogP contribution in [-0.4, -0.2) is 10.1 Å². The van der Waals surface area contributed by atoms with Crippen LogP contribution in [0.4, 0.5) is 4.39 Å². The summed E-state index contributed by atoms with van der Waals surface area (Å²) < 4.78 is 19.1. The molecule has 1 aromatic carbocycles. The maximum absolute atomic E-state index is 13.5. The Hall–Kier alpha value is -1.94. The lowest BCUT2D eigenvalue weighted by atomic mass is 10.1. The summed E-state index contributed by atoms with van der Waals surface area (Å²) in [6.07, 6.45) is 0. The van der Waals surface area contributed by atoms with Crippen LogP contribution in [0.15, 0.2) is 30.3 Å². The van der Waals surface area contributed by atoms with Gasteiger partial charge in [-0.1, -0.05) is 19.9 Å². The minimum atomic E-state index is -0.315. The second kappa shape index (κ2) is 6.01. The van der Waals surface area contributed by atoms with Gasteiger partial charge in [0.2, 0.25) is 5.88 Å². The van der Waals surface area contributed by atoms with Crippen LogP contribution in [0.1, 0.15) is 36.6 Å². The maximum Gasteiger partial charge on any atom is 0.219 e. The summed E-state index contributed by atoms with van der Waals surface area (Å²) in [5, 5.41) is 9.27. The summed E-state index contributed by atoms with van der Waals surface area (Å²) in [5.41, 5.74) is 2.13. The number of hydrogen-bond acceptors (Lipinski definition) is 3. The molecule has 0 spiro atoms. The van der Waals surface area contributed by atoms with Crippen LogP contribution in [0.2, 0.25) is 0 Å². The molecule has 0 aliphatic rings. The molecule has 0 bridgehead atoms. The van der Waals surface area contributed by atoms with Gasteiger partial charge in [-0.05, 0) is 36.1 Å². The molecule has 20 heavy (non-hydrogen) atoms. The van der Waals surface area contributed by atoms with E-state index in [0.29, 0.717) is 17.2 Å². The number of aliphatic hydroxyl groups excluding tert-OH is 1. The standard InChI is InChI=1S/C16H18FNO2/c1-10(2)15-6-12(9-19)7-16(18-15)20-13-5-4-11(3)14(17)8-13/h4-8,10,19H,9H2,1-3H3. The molecular formula is C16H18FNO2. The number of aliphatic hydroxyl groups is 1. The Balaban J connectivity index is 2.32. The summed E-state index contributed by atoms with van der Waals surface area (Å²) in [4.78, 5) is 4.37. The molecule has 4 heteroatoms. The molecular weight excluding hydrogens is 257 g/mol. The van der Waals surface area contributed by atoms with E-state index in [9.17, 15) is 9.50 Å². The van der Waals surface area contributed by atoms with Crippen molar-refractivity contribution in [3.05, 3.63) is 53.0 Å². The van der Waals surface area contributed by atoms with Gasteiger partial charge in [0.05, 0.1) is 6.61 Å². The van der Waals surface area contributed by atoms with Gasteiger partial charge in [0.1, 0.15) is 11.6 Å². The van der Waals surface area contributed by atoms with Gasteiger partial charge in [-0.25, -0.2) is 9.37 Å². The van der Waals surface area contributed by atoms with E-state index in [1.165, 1.54) is 6.07 Å². The number of hydrogen-bond donors (Lipinski definition) is 1. The third kappa shape index (κ3) is 3.33. The fraction of sp³-hybridized carbons (Fsp3) is 0.312. The number of rotatable bonds is 4. The van der Waals surface area contributed by atoms with E-state index in [1.54, 1.807) is 25.1 Å². The van der Waals surface area contributed by atoms with Crippen LogP contribution in [-0.2, 0) is 6.61 Å². The molecule has 0 unspecified atom stereocenters. The fourth-order valence-electron chi connectivity index (χ4n) is 1.78. The van der Waals surface area contributed by atoms with Crippen molar-refractivity contribution in [1.29, 1.82) is 0 Å². The highest BCUT2D eigenvalue weighted by atomic mass is 19.1. The summed E-state index contributed by atoms with van der Waals surface area (Å²) in [6.45, 7) is 5.64. The molecule has 0 saturated carbocycles. The van der Waals surface area contributed by atoms with Crippen LogP contribution < -0.4 is 4.74 Å². The highest BCUT2D eigenvalue weighted by molar-refractivity contribution is 5.33. The topological polar surface area (TPSA) is 42.4 Å². The van der Waals surface area contributed by atoms with E-state index in [4.69, 9.17) is 4.74 Å². The average Bonchev–Trinajstić information content (AvgIpc) is 2.42. The van der Waals surface area contributed by atoms with Crippen LogP contribution in [0, 0.1) is 12.7 Å². The highest BCUT2D eigenvalue weighted by Crippen LogP contribution is 2.25. The molecule has 0 aliphatic heterocycles. The Kier molecular flexibility index (Phi) is 4.35. The lowest BCUT2D eigenvalue weighted by molar-refractivity contribution is 0.280. The lowest BCUT2D eigenvalue weighted by Crippen LogP contribution is -1.99. The van der Waals surface area contributed by atoms with Gasteiger partial charge in [-0.15, -0.1) is 0 Å². The molecule has 106 valence electrons. The number of aromatic nitrogens is 1. The predicted molar refractivity (Wildman–Crippen MR) is 75.5 cm³/mol. The molecule has 0 aliphatic carbocycles. The first-order valence-corrected chi connectivity index (χ1v) is 6.55. The van der Waals surface area contributed by atoms with E-state index in [1.807, 2.05) is 19.9 Å². The smallest absolute Gasteiger partial charge is 0.219 e. The average molecular weight is 275 g/mol. The number of ether oxygens (including phenoxy) is 1. The largest absolute Gasteiger partial charge is 0.439 e. The number of aryl methyl sites for hydroxylation is 1. The quantitative estimate of drug-likeness (QED) is 0.919. The molecule has 0 saturated heterocycles. The van der Waals surface area contributed by atoms with Crippen LogP contribution >= 0.6 is 0 Å². The van der Waals surface area contributed by atoms with Crippen molar-refractivity contribution in [2.24, 2.45) is 0 Å². The highest BCUT2D eigenvalue weighted by Gasteiger charge is 2.08. The molecule has 1 heterocycles. The van der Waals surface area contributed by atoms with Gasteiger partial charge in [-0.3, -0.25) is 0 Å². The number of halogens is 1. The summed E-state index contributed by atoms with van der Waals surface area (Å²) in [7, 11) is 0. The summed E-state index contributed by atoms with van der Waals surface area (Å²) in [6, 6.07) is 8.18. The molecule has 0 atom stereocenters. The summed E-state index contributed by atoms with van der Waals surface area (Å²) in [5.74, 6) is 0.664. The zero-order valence-electron chi connectivity index (χ0n) is 11.9. The maximum atomic E-state index is 13.5. The minimum absolute atomic E-state index is 0.0825. The molecule has 0 radical (unpaired) electrons. The van der Waals surface area contributed by atoms with Crippen LogP contribution in [0.3, 0.4) is 0 Å². The number of pyridine rings is 1. The first-order chi connectivity index (χ1) is 9.49. The normalized spacial score (nSPS) is 10.9. The Morgan fingerprint density at radius 3 is 2.60 bits per heavy atom. The molecule has 0 fully saturated rings. The van der Waals surface area contributed by atoms with Gasteiger partial charge >= 0.3 is 0 Å². The van der Waals surface area contributed by atoms with Gasteiger partial charge in [0, 0.05) is 17.8 Å². The second-order valence-electron chi connectivity index (χ2n) is 5.06. The van der Waals surface area contributed by atoms with Gasteiger partial charge < -0.3 is 9.84 Å². The second-order valence-corrected chi connectivity index (χ2v) is 5.06. The van der Waals surface area contributed by atoms with Crippen molar-refractivity contribution in [3.63, 3.8) is 0 Å². The van der Waals surface area contributed by atoms with E-state index in [-0.39, 0.29) is 18.3 Å². The molecule has 1 N–H and O–H groups in total. The van der Waals surface area contributed by atoms with Crippen molar-refractivity contribution < 1.29 is 14.2 Å². The Labute approximate surface area is 118 Å². The third-order valence-corrected chi connectivity index (χ3v) is 3.02. The first kappa shape index (κ1) is 14.5. The SMILES string of the molecule is Cc1ccc(Oc2cc(CO)cc(C(C)C)n2)cc1F. The van der Waals surface area contributed by atoms with E-state index in [2.05, 4.69) is 4.98 Å². The monoisotopic (exact) mass is 275 g/mol. The molecule has 2 aromatic rings. The minimum Gasteiger partial charge on any atom is -0.439 e. The van der Waals surface area contributed by atoms with E-state index < -0.39 is 0 Å². The van der Waals surface area contributed by atoms with Gasteiger partial charge in [0.25, 0.3) is 0 Å². The van der Waals surface area contributed by atoms with Crippen LogP contribution in [0.25, 0.3) is 0 Å². The molecule has 2 rings (SSSR count). The van der Waals surface area contributed by atoms with Gasteiger partial charge in [0.15, 0.2) is 0 Å². The van der Waals surface area contributed by atoms with Crippen molar-refractivity contribution in [2.45, 2.75) is 33.3 Å². The molecule has 0 amide bonds. The third-order valence-electron chi connectivity index (χ3n) is 3.02. The molecule has 3 nitrogen and oxygen atoms in total. The number of benzene rings is 1. The van der Waals surface area contributed by atoms with E-state index in [0.717, 1.165) is 11.3 Å².